The summed E-state index contributed by atoms with van der Waals surface area (Å²) in [6, 6.07) is 2.13. The number of nitrogens with zero attached hydrogens (tertiary/aromatic N) is 2. The molecule has 2 atom stereocenters. The van der Waals surface area contributed by atoms with E-state index in [4.69, 9.17) is 0 Å². The molecule has 6 heteroatoms. The van der Waals surface area contributed by atoms with Crippen molar-refractivity contribution < 1.29 is 9.32 Å². The minimum absolute atomic E-state index is 0. The number of piperazine rings is 1. The number of carbonyl (C=O) groups excluding carboxylic acids is 1. The van der Waals surface area contributed by atoms with Gasteiger partial charge in [0.1, 0.15) is 6.26 Å². The Hall–Kier alpha value is -1.07. The second-order valence-electron chi connectivity index (χ2n) is 4.00. The van der Waals surface area contributed by atoms with Crippen LogP contribution in [0.5, 0.6) is 0 Å². The second kappa shape index (κ2) is 5.32. The summed E-state index contributed by atoms with van der Waals surface area (Å²) in [5.74, 6) is -0.0513. The number of amides is 1. The molecule has 0 radical (unpaired) electrons. The van der Waals surface area contributed by atoms with Crippen LogP contribution in [0.4, 0.5) is 0 Å². The van der Waals surface area contributed by atoms with E-state index in [1.165, 1.54) is 6.26 Å². The zero-order chi connectivity index (χ0) is 10.8. The summed E-state index contributed by atoms with van der Waals surface area (Å²) in [4.78, 5) is 13.8. The summed E-state index contributed by atoms with van der Waals surface area (Å²) < 4.78 is 4.68. The summed E-state index contributed by atoms with van der Waals surface area (Å²) in [6.45, 7) is 5.63. The van der Waals surface area contributed by atoms with Crippen molar-refractivity contribution in [3.63, 3.8) is 0 Å². The predicted molar refractivity (Wildman–Crippen MR) is 61.7 cm³/mol. The molecule has 1 aliphatic heterocycles. The van der Waals surface area contributed by atoms with Gasteiger partial charge in [-0.3, -0.25) is 4.79 Å². The first kappa shape index (κ1) is 13.0. The van der Waals surface area contributed by atoms with Crippen LogP contribution < -0.4 is 5.32 Å². The number of hydrogen-bond acceptors (Lipinski definition) is 4. The molecule has 0 spiro atoms. The lowest BCUT2D eigenvalue weighted by Crippen LogP contribution is -2.56. The second-order valence-corrected chi connectivity index (χ2v) is 4.00. The Morgan fingerprint density at radius 3 is 3.00 bits per heavy atom. The fourth-order valence-corrected chi connectivity index (χ4v) is 1.77. The Balaban J connectivity index is 0.00000128. The number of carbonyl (C=O) groups is 1. The Bertz CT molecular complexity index is 342. The van der Waals surface area contributed by atoms with Gasteiger partial charge >= 0.3 is 0 Å². The molecule has 1 aromatic heterocycles. The van der Waals surface area contributed by atoms with Gasteiger partial charge in [-0.05, 0) is 13.8 Å². The molecule has 2 rings (SSSR count). The molecule has 1 N–H and O–H groups in total. The molecule has 90 valence electrons. The Kier molecular flexibility index (Phi) is 4.32. The minimum Gasteiger partial charge on any atom is -0.364 e. The van der Waals surface area contributed by atoms with Crippen LogP contribution in [0.15, 0.2) is 16.9 Å². The van der Waals surface area contributed by atoms with Gasteiger partial charge in [-0.15, -0.1) is 12.4 Å². The zero-order valence-corrected chi connectivity index (χ0v) is 10.2. The van der Waals surface area contributed by atoms with Gasteiger partial charge in [0, 0.05) is 31.2 Å². The molecule has 2 heterocycles. The van der Waals surface area contributed by atoms with E-state index in [0.717, 1.165) is 6.54 Å². The predicted octanol–water partition coefficient (Wildman–Crippen LogP) is 0.919. The van der Waals surface area contributed by atoms with Gasteiger partial charge in [0.25, 0.3) is 5.91 Å². The maximum absolute atomic E-state index is 12.0. The molecule has 0 aromatic carbocycles. The lowest BCUT2D eigenvalue weighted by Gasteiger charge is -2.37. The first-order valence-electron chi connectivity index (χ1n) is 5.13. The quantitative estimate of drug-likeness (QED) is 0.799. The lowest BCUT2D eigenvalue weighted by molar-refractivity contribution is 0.0606. The van der Waals surface area contributed by atoms with Crippen molar-refractivity contribution in [2.45, 2.75) is 25.9 Å². The SMILES string of the molecule is CC1CN(C(=O)c2ccon2)C(C)CN1.Cl. The van der Waals surface area contributed by atoms with Crippen LogP contribution in [0.2, 0.25) is 0 Å². The summed E-state index contributed by atoms with van der Waals surface area (Å²) in [7, 11) is 0. The van der Waals surface area contributed by atoms with Gasteiger partial charge in [-0.1, -0.05) is 5.16 Å². The molecule has 2 unspecified atom stereocenters. The van der Waals surface area contributed by atoms with Gasteiger partial charge in [-0.2, -0.15) is 0 Å². The van der Waals surface area contributed by atoms with Crippen LogP contribution in [0.1, 0.15) is 24.3 Å². The molecular formula is C10H16ClN3O2. The van der Waals surface area contributed by atoms with Crippen molar-refractivity contribution >= 4 is 18.3 Å². The molecule has 5 nitrogen and oxygen atoms in total. The highest BCUT2D eigenvalue weighted by Crippen LogP contribution is 2.11. The Morgan fingerprint density at radius 1 is 1.62 bits per heavy atom. The first-order valence-corrected chi connectivity index (χ1v) is 5.13. The number of halogens is 1. The van der Waals surface area contributed by atoms with Crippen LogP contribution in [0.3, 0.4) is 0 Å². The Morgan fingerprint density at radius 2 is 2.38 bits per heavy atom. The molecule has 1 saturated heterocycles. The number of aromatic nitrogens is 1. The molecule has 1 fully saturated rings. The van der Waals surface area contributed by atoms with Crippen LogP contribution in [0, 0.1) is 0 Å². The highest BCUT2D eigenvalue weighted by Gasteiger charge is 2.28. The smallest absolute Gasteiger partial charge is 0.276 e. The topological polar surface area (TPSA) is 58.4 Å². The molecule has 1 aliphatic rings. The third-order valence-electron chi connectivity index (χ3n) is 2.68. The zero-order valence-electron chi connectivity index (χ0n) is 9.34. The molecule has 1 amide bonds. The van der Waals surface area contributed by atoms with E-state index in [-0.39, 0.29) is 24.4 Å². The normalized spacial score (nSPS) is 25.0. The van der Waals surface area contributed by atoms with Crippen LogP contribution in [-0.2, 0) is 0 Å². The highest BCUT2D eigenvalue weighted by atomic mass is 35.5. The van der Waals surface area contributed by atoms with E-state index in [1.54, 1.807) is 6.07 Å². The van der Waals surface area contributed by atoms with Crippen molar-refractivity contribution in [2.75, 3.05) is 13.1 Å². The van der Waals surface area contributed by atoms with Crippen LogP contribution >= 0.6 is 12.4 Å². The van der Waals surface area contributed by atoms with E-state index in [1.807, 2.05) is 11.8 Å². The number of hydrogen-bond donors (Lipinski definition) is 1. The summed E-state index contributed by atoms with van der Waals surface area (Å²) in [5, 5.41) is 6.99. The lowest BCUT2D eigenvalue weighted by atomic mass is 10.1. The third-order valence-corrected chi connectivity index (χ3v) is 2.68. The van der Waals surface area contributed by atoms with Crippen molar-refractivity contribution in [2.24, 2.45) is 0 Å². The van der Waals surface area contributed by atoms with E-state index in [2.05, 4.69) is 21.9 Å². The van der Waals surface area contributed by atoms with Gasteiger partial charge in [0.05, 0.1) is 0 Å². The fraction of sp³-hybridized carbons (Fsp3) is 0.600. The minimum atomic E-state index is -0.0513. The molecule has 0 aliphatic carbocycles. The average molecular weight is 246 g/mol. The molecule has 0 saturated carbocycles. The highest BCUT2D eigenvalue weighted by molar-refractivity contribution is 5.92. The van der Waals surface area contributed by atoms with E-state index in [0.29, 0.717) is 18.3 Å². The summed E-state index contributed by atoms with van der Waals surface area (Å²) in [5.41, 5.74) is 0.385. The van der Waals surface area contributed by atoms with Gasteiger partial charge in [-0.25, -0.2) is 0 Å². The van der Waals surface area contributed by atoms with Crippen molar-refractivity contribution in [1.82, 2.24) is 15.4 Å². The fourth-order valence-electron chi connectivity index (χ4n) is 1.77. The third kappa shape index (κ3) is 2.54. The van der Waals surface area contributed by atoms with E-state index < -0.39 is 0 Å². The molecule has 0 bridgehead atoms. The van der Waals surface area contributed by atoms with Crippen molar-refractivity contribution in [3.8, 4) is 0 Å². The van der Waals surface area contributed by atoms with Crippen LogP contribution in [0.25, 0.3) is 0 Å². The maximum Gasteiger partial charge on any atom is 0.276 e. The summed E-state index contributed by atoms with van der Waals surface area (Å²) >= 11 is 0. The standard InChI is InChI=1S/C10H15N3O2.ClH/c1-7-6-13(8(2)5-11-7)10(14)9-3-4-15-12-9;/h3-4,7-8,11H,5-6H2,1-2H3;1H. The van der Waals surface area contributed by atoms with Crippen molar-refractivity contribution in [3.05, 3.63) is 18.0 Å². The van der Waals surface area contributed by atoms with Crippen molar-refractivity contribution in [1.29, 1.82) is 0 Å². The van der Waals surface area contributed by atoms with Gasteiger partial charge < -0.3 is 14.7 Å². The Labute approximate surface area is 101 Å². The molecular weight excluding hydrogens is 230 g/mol. The molecule has 16 heavy (non-hydrogen) atoms. The number of nitrogens with one attached hydrogen (secondary N) is 1. The van der Waals surface area contributed by atoms with Gasteiger partial charge in [0.15, 0.2) is 5.69 Å². The largest absolute Gasteiger partial charge is 0.364 e. The average Bonchev–Trinajstić information content (AvgIpc) is 2.74. The maximum atomic E-state index is 12.0. The van der Waals surface area contributed by atoms with E-state index >= 15 is 0 Å². The molecule has 1 aromatic rings. The van der Waals surface area contributed by atoms with E-state index in [9.17, 15) is 4.79 Å². The summed E-state index contributed by atoms with van der Waals surface area (Å²) in [6.07, 6.45) is 1.42. The monoisotopic (exact) mass is 245 g/mol. The van der Waals surface area contributed by atoms with Gasteiger partial charge in [0.2, 0.25) is 0 Å². The first-order chi connectivity index (χ1) is 7.18. The number of rotatable bonds is 1. The van der Waals surface area contributed by atoms with Crippen LogP contribution in [-0.4, -0.2) is 41.1 Å².